The minimum atomic E-state index is 0.372. The number of rotatable bonds is 5. The molecule has 3 heteroatoms. The van der Waals surface area contributed by atoms with E-state index >= 15 is 0 Å². The van der Waals surface area contributed by atoms with Crippen molar-refractivity contribution in [3.8, 4) is 11.5 Å². The highest BCUT2D eigenvalue weighted by atomic mass is 16.5. The zero-order chi connectivity index (χ0) is 17.1. The third kappa shape index (κ3) is 3.82. The van der Waals surface area contributed by atoms with Crippen LogP contribution in [-0.4, -0.2) is 24.3 Å². The van der Waals surface area contributed by atoms with E-state index in [1.54, 1.807) is 0 Å². The molecule has 0 bridgehead atoms. The van der Waals surface area contributed by atoms with Gasteiger partial charge in [-0.15, -0.1) is 0 Å². The summed E-state index contributed by atoms with van der Waals surface area (Å²) in [6.45, 7) is 1.92. The van der Waals surface area contributed by atoms with E-state index in [-0.39, 0.29) is 0 Å². The van der Waals surface area contributed by atoms with Crippen LogP contribution in [0, 0.1) is 0 Å². The molecule has 2 aromatic rings. The van der Waals surface area contributed by atoms with Crippen LogP contribution in [0.5, 0.6) is 11.5 Å². The molecule has 0 saturated carbocycles. The topological polar surface area (TPSA) is 41.5 Å². The van der Waals surface area contributed by atoms with Gasteiger partial charge in [0.1, 0.15) is 11.5 Å². The molecule has 25 heavy (non-hydrogen) atoms. The highest BCUT2D eigenvalue weighted by Crippen LogP contribution is 2.38. The summed E-state index contributed by atoms with van der Waals surface area (Å²) >= 11 is 0. The molecule has 0 radical (unpaired) electrons. The van der Waals surface area contributed by atoms with E-state index in [4.69, 9.17) is 4.74 Å². The number of aromatic hydroxyl groups is 1. The summed E-state index contributed by atoms with van der Waals surface area (Å²) in [5.74, 6) is 1.75. The zero-order valence-electron chi connectivity index (χ0n) is 14.7. The standard InChI is InChI=1S/C22H27NO2/c24-19-9-10-22-16(14-19)5-2-8-21(22)17-4-1-7-20(15-17)25-13-11-18-6-3-12-23-18/h1,4,7,9-10,14-15,18,21,23-24H,2-3,5-6,8,11-13H2. The van der Waals surface area contributed by atoms with Crippen molar-refractivity contribution < 1.29 is 9.84 Å². The molecule has 2 atom stereocenters. The fourth-order valence-corrected chi connectivity index (χ4v) is 4.29. The SMILES string of the molecule is Oc1ccc2c(c1)CCCC2c1cccc(OCCC2CCCN2)c1. The molecule has 0 spiro atoms. The first-order valence-electron chi connectivity index (χ1n) is 9.57. The van der Waals surface area contributed by atoms with Gasteiger partial charge in [0.05, 0.1) is 6.61 Å². The number of benzene rings is 2. The summed E-state index contributed by atoms with van der Waals surface area (Å²) in [5, 5.41) is 13.3. The molecule has 132 valence electrons. The fourth-order valence-electron chi connectivity index (χ4n) is 4.29. The van der Waals surface area contributed by atoms with Crippen LogP contribution in [0.25, 0.3) is 0 Å². The molecule has 1 aliphatic carbocycles. The second-order valence-electron chi connectivity index (χ2n) is 7.33. The van der Waals surface area contributed by atoms with Gasteiger partial charge >= 0.3 is 0 Å². The number of phenolic OH excluding ortho intramolecular Hbond substituents is 1. The molecule has 0 amide bonds. The van der Waals surface area contributed by atoms with Gasteiger partial charge in [-0.25, -0.2) is 0 Å². The van der Waals surface area contributed by atoms with Crippen molar-refractivity contribution in [3.05, 3.63) is 59.2 Å². The summed E-state index contributed by atoms with van der Waals surface area (Å²) in [6.07, 6.45) is 7.03. The molecule has 2 aromatic carbocycles. The quantitative estimate of drug-likeness (QED) is 0.851. The number of aryl methyl sites for hydroxylation is 1. The second-order valence-corrected chi connectivity index (χ2v) is 7.33. The van der Waals surface area contributed by atoms with Crippen molar-refractivity contribution in [2.24, 2.45) is 0 Å². The molecule has 1 heterocycles. The maximum atomic E-state index is 9.75. The molecule has 2 aliphatic rings. The summed E-state index contributed by atoms with van der Waals surface area (Å²) in [6, 6.07) is 15.0. The van der Waals surface area contributed by atoms with E-state index in [9.17, 15) is 5.11 Å². The van der Waals surface area contributed by atoms with Crippen LogP contribution in [0.4, 0.5) is 0 Å². The van der Waals surface area contributed by atoms with Crippen LogP contribution in [0.1, 0.15) is 54.7 Å². The Kier molecular flexibility index (Phi) is 4.93. The van der Waals surface area contributed by atoms with Gasteiger partial charge in [0.2, 0.25) is 0 Å². The first-order valence-corrected chi connectivity index (χ1v) is 9.57. The van der Waals surface area contributed by atoms with Gasteiger partial charge in [-0.2, -0.15) is 0 Å². The van der Waals surface area contributed by atoms with Gasteiger partial charge in [-0.05, 0) is 86.0 Å². The molecular weight excluding hydrogens is 310 g/mol. The minimum Gasteiger partial charge on any atom is -0.508 e. The van der Waals surface area contributed by atoms with Crippen molar-refractivity contribution >= 4 is 0 Å². The van der Waals surface area contributed by atoms with Gasteiger partial charge in [0.15, 0.2) is 0 Å². The maximum Gasteiger partial charge on any atom is 0.119 e. The smallest absolute Gasteiger partial charge is 0.119 e. The van der Waals surface area contributed by atoms with Crippen molar-refractivity contribution in [2.45, 2.75) is 50.5 Å². The molecule has 2 N–H and O–H groups in total. The van der Waals surface area contributed by atoms with E-state index < -0.39 is 0 Å². The van der Waals surface area contributed by atoms with Crippen molar-refractivity contribution in [1.82, 2.24) is 5.32 Å². The third-order valence-corrected chi connectivity index (χ3v) is 5.60. The lowest BCUT2D eigenvalue weighted by atomic mass is 9.79. The molecule has 1 aliphatic heterocycles. The van der Waals surface area contributed by atoms with Crippen LogP contribution < -0.4 is 10.1 Å². The Morgan fingerprint density at radius 1 is 1.08 bits per heavy atom. The Morgan fingerprint density at radius 3 is 2.92 bits per heavy atom. The molecule has 3 nitrogen and oxygen atoms in total. The van der Waals surface area contributed by atoms with Crippen LogP contribution >= 0.6 is 0 Å². The normalized spacial score (nSPS) is 22.6. The van der Waals surface area contributed by atoms with E-state index in [0.29, 0.717) is 17.7 Å². The minimum absolute atomic E-state index is 0.372. The predicted molar refractivity (Wildman–Crippen MR) is 100 cm³/mol. The first-order chi connectivity index (χ1) is 12.3. The van der Waals surface area contributed by atoms with E-state index in [1.807, 2.05) is 12.1 Å². The lowest BCUT2D eigenvalue weighted by Gasteiger charge is -2.26. The number of fused-ring (bicyclic) bond motifs is 1. The van der Waals surface area contributed by atoms with Crippen molar-refractivity contribution in [3.63, 3.8) is 0 Å². The fraction of sp³-hybridized carbons (Fsp3) is 0.455. The molecule has 0 aromatic heterocycles. The highest BCUT2D eigenvalue weighted by Gasteiger charge is 2.22. The van der Waals surface area contributed by atoms with Gasteiger partial charge in [0, 0.05) is 12.0 Å². The highest BCUT2D eigenvalue weighted by molar-refractivity contribution is 5.44. The van der Waals surface area contributed by atoms with Gasteiger partial charge in [-0.3, -0.25) is 0 Å². The number of nitrogens with one attached hydrogen (secondary N) is 1. The van der Waals surface area contributed by atoms with Crippen LogP contribution in [0.15, 0.2) is 42.5 Å². The number of hydrogen-bond acceptors (Lipinski definition) is 3. The molecule has 1 saturated heterocycles. The lowest BCUT2D eigenvalue weighted by molar-refractivity contribution is 0.292. The Labute approximate surface area is 150 Å². The van der Waals surface area contributed by atoms with Crippen LogP contribution in [0.3, 0.4) is 0 Å². The van der Waals surface area contributed by atoms with Crippen molar-refractivity contribution in [1.29, 1.82) is 0 Å². The summed E-state index contributed by atoms with van der Waals surface area (Å²) in [5.41, 5.74) is 3.97. The summed E-state index contributed by atoms with van der Waals surface area (Å²) < 4.78 is 6.03. The molecule has 1 fully saturated rings. The monoisotopic (exact) mass is 337 g/mol. The maximum absolute atomic E-state index is 9.75. The molecule has 4 rings (SSSR count). The third-order valence-electron chi connectivity index (χ3n) is 5.60. The Hall–Kier alpha value is -2.00. The summed E-state index contributed by atoms with van der Waals surface area (Å²) in [7, 11) is 0. The second kappa shape index (κ2) is 7.49. The van der Waals surface area contributed by atoms with Gasteiger partial charge in [0.25, 0.3) is 0 Å². The number of ether oxygens (including phenoxy) is 1. The first kappa shape index (κ1) is 16.5. The predicted octanol–water partition coefficient (Wildman–Crippen LogP) is 4.38. The van der Waals surface area contributed by atoms with E-state index in [2.05, 4.69) is 35.6 Å². The van der Waals surface area contributed by atoms with Crippen molar-refractivity contribution in [2.75, 3.05) is 13.2 Å². The van der Waals surface area contributed by atoms with Gasteiger partial charge < -0.3 is 15.2 Å². The number of phenols is 1. The molecular formula is C22H27NO2. The van der Waals surface area contributed by atoms with E-state index in [0.717, 1.165) is 38.2 Å². The average molecular weight is 337 g/mol. The largest absolute Gasteiger partial charge is 0.508 e. The Balaban J connectivity index is 1.46. The zero-order valence-corrected chi connectivity index (χ0v) is 14.7. The van der Waals surface area contributed by atoms with Crippen LogP contribution in [0.2, 0.25) is 0 Å². The average Bonchev–Trinajstić information content (AvgIpc) is 3.15. The number of hydrogen-bond donors (Lipinski definition) is 2. The Morgan fingerprint density at radius 2 is 2.04 bits per heavy atom. The Bertz CT molecular complexity index is 722. The van der Waals surface area contributed by atoms with Gasteiger partial charge in [-0.1, -0.05) is 18.2 Å². The van der Waals surface area contributed by atoms with E-state index in [1.165, 1.54) is 36.0 Å². The van der Waals surface area contributed by atoms with Crippen LogP contribution in [-0.2, 0) is 6.42 Å². The molecule has 2 unspecified atom stereocenters. The summed E-state index contributed by atoms with van der Waals surface area (Å²) in [4.78, 5) is 0. The lowest BCUT2D eigenvalue weighted by Crippen LogP contribution is -2.23.